The third-order valence-corrected chi connectivity index (χ3v) is 5.56. The molecule has 0 aliphatic rings. The lowest BCUT2D eigenvalue weighted by molar-refractivity contribution is -0.122. The highest BCUT2D eigenvalue weighted by Crippen LogP contribution is 2.24. The molecule has 0 aliphatic carbocycles. The Labute approximate surface area is 203 Å². The second-order valence-corrected chi connectivity index (χ2v) is 8.65. The van der Waals surface area contributed by atoms with Gasteiger partial charge in [0.1, 0.15) is 12.1 Å². The van der Waals surface area contributed by atoms with Gasteiger partial charge in [0.2, 0.25) is 11.7 Å². The molecule has 35 heavy (non-hydrogen) atoms. The molecule has 0 aliphatic heterocycles. The van der Waals surface area contributed by atoms with Gasteiger partial charge in [-0.2, -0.15) is 0 Å². The SMILES string of the molecule is CN(C)CC(=O)NC(CCCCCC(=O)c1ncco1)c1nc(-c2ccc3nccnc3c2)c[nH]1. The van der Waals surface area contributed by atoms with Crippen molar-refractivity contribution in [1.82, 2.24) is 35.1 Å². The molecule has 0 bridgehead atoms. The van der Waals surface area contributed by atoms with Crippen LogP contribution < -0.4 is 5.32 Å². The topological polar surface area (TPSA) is 130 Å². The van der Waals surface area contributed by atoms with Gasteiger partial charge in [-0.05, 0) is 39.1 Å². The van der Waals surface area contributed by atoms with Crippen molar-refractivity contribution in [3.05, 3.63) is 61.0 Å². The second-order valence-electron chi connectivity index (χ2n) is 8.65. The number of aromatic amines is 1. The Kier molecular flexibility index (Phi) is 7.94. The van der Waals surface area contributed by atoms with E-state index in [0.717, 1.165) is 41.6 Å². The molecule has 3 heterocycles. The zero-order chi connectivity index (χ0) is 24.6. The quantitative estimate of drug-likeness (QED) is 0.235. The van der Waals surface area contributed by atoms with Gasteiger partial charge in [-0.15, -0.1) is 0 Å². The van der Waals surface area contributed by atoms with E-state index in [2.05, 4.69) is 25.3 Å². The molecule has 10 nitrogen and oxygen atoms in total. The number of Topliss-reactive ketones (excluding diaryl/α,β-unsaturated/α-hetero) is 1. The number of amides is 1. The van der Waals surface area contributed by atoms with Crippen LogP contribution in [-0.4, -0.2) is 62.2 Å². The van der Waals surface area contributed by atoms with Crippen LogP contribution in [0.25, 0.3) is 22.3 Å². The minimum absolute atomic E-state index is 0.0713. The maximum atomic E-state index is 12.5. The largest absolute Gasteiger partial charge is 0.442 e. The first kappa shape index (κ1) is 24.2. The molecule has 1 aromatic carbocycles. The first-order valence-corrected chi connectivity index (χ1v) is 11.6. The van der Waals surface area contributed by atoms with Crippen molar-refractivity contribution in [1.29, 1.82) is 0 Å². The van der Waals surface area contributed by atoms with E-state index in [1.807, 2.05) is 43.4 Å². The van der Waals surface area contributed by atoms with Crippen LogP contribution in [-0.2, 0) is 4.79 Å². The highest BCUT2D eigenvalue weighted by Gasteiger charge is 2.19. The van der Waals surface area contributed by atoms with Gasteiger partial charge in [-0.3, -0.25) is 19.6 Å². The van der Waals surface area contributed by atoms with Crippen LogP contribution in [0, 0.1) is 0 Å². The fraction of sp³-hybridized carbons (Fsp3) is 0.360. The molecule has 4 aromatic rings. The Balaban J connectivity index is 1.40. The molecule has 0 fully saturated rings. The molecule has 4 rings (SSSR count). The number of carbonyl (C=O) groups is 2. The minimum Gasteiger partial charge on any atom is -0.442 e. The summed E-state index contributed by atoms with van der Waals surface area (Å²) in [5.41, 5.74) is 3.31. The van der Waals surface area contributed by atoms with E-state index in [9.17, 15) is 9.59 Å². The van der Waals surface area contributed by atoms with Gasteiger partial charge in [0.25, 0.3) is 5.89 Å². The number of likely N-dealkylation sites (N-methyl/N-ethyl adjacent to an activating group) is 1. The molecule has 0 saturated carbocycles. The van der Waals surface area contributed by atoms with Crippen molar-refractivity contribution in [3.63, 3.8) is 0 Å². The number of aromatic nitrogens is 5. The molecule has 10 heteroatoms. The molecule has 3 aromatic heterocycles. The summed E-state index contributed by atoms with van der Waals surface area (Å²) >= 11 is 0. The van der Waals surface area contributed by atoms with Crippen molar-refractivity contribution < 1.29 is 14.0 Å². The van der Waals surface area contributed by atoms with E-state index in [4.69, 9.17) is 9.40 Å². The summed E-state index contributed by atoms with van der Waals surface area (Å²) in [6.45, 7) is 0.290. The van der Waals surface area contributed by atoms with Gasteiger partial charge in [0.05, 0.1) is 35.5 Å². The minimum atomic E-state index is -0.265. The Bertz CT molecular complexity index is 1270. The van der Waals surface area contributed by atoms with E-state index < -0.39 is 0 Å². The normalized spacial score (nSPS) is 12.2. The third kappa shape index (κ3) is 6.57. The van der Waals surface area contributed by atoms with Gasteiger partial charge in [0, 0.05) is 30.6 Å². The molecule has 0 saturated heterocycles. The molecule has 2 N–H and O–H groups in total. The number of rotatable bonds is 12. The van der Waals surface area contributed by atoms with E-state index in [1.54, 1.807) is 12.4 Å². The summed E-state index contributed by atoms with van der Waals surface area (Å²) in [5.74, 6) is 0.684. The van der Waals surface area contributed by atoms with Crippen molar-refractivity contribution in [3.8, 4) is 11.3 Å². The number of ketones is 1. The van der Waals surface area contributed by atoms with Gasteiger partial charge < -0.3 is 19.6 Å². The number of nitrogens with zero attached hydrogens (tertiary/aromatic N) is 5. The fourth-order valence-electron chi connectivity index (χ4n) is 3.87. The number of fused-ring (bicyclic) bond motifs is 1. The molecular weight excluding hydrogens is 446 g/mol. The number of benzene rings is 1. The van der Waals surface area contributed by atoms with Crippen LogP contribution in [0.15, 0.2) is 53.7 Å². The lowest BCUT2D eigenvalue weighted by Crippen LogP contribution is -2.36. The van der Waals surface area contributed by atoms with Gasteiger partial charge in [-0.1, -0.05) is 18.9 Å². The molecule has 1 unspecified atom stereocenters. The zero-order valence-corrected chi connectivity index (χ0v) is 19.9. The molecule has 182 valence electrons. The Morgan fingerprint density at radius 3 is 2.66 bits per heavy atom. The number of carbonyl (C=O) groups excluding carboxylic acids is 2. The van der Waals surface area contributed by atoms with Gasteiger partial charge in [0.15, 0.2) is 0 Å². The van der Waals surface area contributed by atoms with Crippen LogP contribution in [0.3, 0.4) is 0 Å². The van der Waals surface area contributed by atoms with E-state index in [-0.39, 0.29) is 30.2 Å². The summed E-state index contributed by atoms with van der Waals surface area (Å²) in [6.07, 6.45) is 11.5. The lowest BCUT2D eigenvalue weighted by Gasteiger charge is -2.18. The lowest BCUT2D eigenvalue weighted by atomic mass is 10.1. The number of nitrogens with one attached hydrogen (secondary N) is 2. The number of hydrogen-bond acceptors (Lipinski definition) is 8. The molecule has 0 radical (unpaired) electrons. The van der Waals surface area contributed by atoms with Crippen LogP contribution in [0.5, 0.6) is 0 Å². The van der Waals surface area contributed by atoms with E-state index >= 15 is 0 Å². The monoisotopic (exact) mass is 475 g/mol. The van der Waals surface area contributed by atoms with Crippen molar-refractivity contribution in [2.75, 3.05) is 20.6 Å². The summed E-state index contributed by atoms with van der Waals surface area (Å²) in [7, 11) is 3.71. The number of oxazole rings is 1. The number of H-pyrrole nitrogens is 1. The van der Waals surface area contributed by atoms with Crippen LogP contribution in [0.4, 0.5) is 0 Å². The second kappa shape index (κ2) is 11.5. The molecule has 1 amide bonds. The van der Waals surface area contributed by atoms with E-state index in [1.165, 1.54) is 12.5 Å². The van der Waals surface area contributed by atoms with Crippen molar-refractivity contribution in [2.45, 2.75) is 38.1 Å². The maximum absolute atomic E-state index is 12.5. The third-order valence-electron chi connectivity index (χ3n) is 5.56. The standard InChI is InChI=1S/C25H29N7O3/c1-32(2)16-23(34)30-19(6-4-3-5-7-22(33)25-28-12-13-35-25)24-29-15-21(31-24)17-8-9-18-20(14-17)27-11-10-26-18/h8-15,19H,3-7,16H2,1-2H3,(H,29,31)(H,30,34). The zero-order valence-electron chi connectivity index (χ0n) is 19.9. The Morgan fingerprint density at radius 1 is 1.06 bits per heavy atom. The number of hydrogen-bond donors (Lipinski definition) is 2. The van der Waals surface area contributed by atoms with Crippen LogP contribution >= 0.6 is 0 Å². The predicted octanol–water partition coefficient (Wildman–Crippen LogP) is 3.56. The summed E-state index contributed by atoms with van der Waals surface area (Å²) in [4.78, 5) is 47.0. The summed E-state index contributed by atoms with van der Waals surface area (Å²) in [6, 6.07) is 5.56. The molecule has 0 spiro atoms. The first-order chi connectivity index (χ1) is 17.0. The molecule has 1 atom stereocenters. The first-order valence-electron chi connectivity index (χ1n) is 11.6. The number of unbranched alkanes of at least 4 members (excludes halogenated alkanes) is 2. The predicted molar refractivity (Wildman–Crippen MR) is 130 cm³/mol. The van der Waals surface area contributed by atoms with Crippen LogP contribution in [0.1, 0.15) is 54.7 Å². The smallest absolute Gasteiger partial charge is 0.263 e. The maximum Gasteiger partial charge on any atom is 0.263 e. The Morgan fingerprint density at radius 2 is 1.89 bits per heavy atom. The average Bonchev–Trinajstić information content (AvgIpc) is 3.55. The average molecular weight is 476 g/mol. The van der Waals surface area contributed by atoms with Gasteiger partial charge >= 0.3 is 0 Å². The highest BCUT2D eigenvalue weighted by atomic mass is 16.3. The van der Waals surface area contributed by atoms with E-state index in [0.29, 0.717) is 18.7 Å². The summed E-state index contributed by atoms with van der Waals surface area (Å²) in [5, 5.41) is 3.09. The fourth-order valence-corrected chi connectivity index (χ4v) is 3.87. The Hall–Kier alpha value is -3.92. The summed E-state index contributed by atoms with van der Waals surface area (Å²) < 4.78 is 5.05. The molecular formula is C25H29N7O3. The van der Waals surface area contributed by atoms with Crippen LogP contribution in [0.2, 0.25) is 0 Å². The van der Waals surface area contributed by atoms with Crippen molar-refractivity contribution in [2.24, 2.45) is 0 Å². The number of imidazole rings is 1. The highest BCUT2D eigenvalue weighted by molar-refractivity contribution is 5.91. The van der Waals surface area contributed by atoms with Gasteiger partial charge in [-0.25, -0.2) is 9.97 Å². The van der Waals surface area contributed by atoms with Crippen molar-refractivity contribution >= 4 is 22.7 Å².